The summed E-state index contributed by atoms with van der Waals surface area (Å²) >= 11 is 3.06. The fraction of sp³-hybridized carbons (Fsp3) is 0.316. The molecule has 1 aliphatic rings. The number of thiazole rings is 1. The van der Waals surface area contributed by atoms with Gasteiger partial charge in [0.15, 0.2) is 4.34 Å². The highest BCUT2D eigenvalue weighted by Gasteiger charge is 2.24. The van der Waals surface area contributed by atoms with Crippen molar-refractivity contribution in [3.8, 4) is 0 Å². The largest absolute Gasteiger partial charge is 0.382 e. The van der Waals surface area contributed by atoms with E-state index in [0.717, 1.165) is 21.3 Å². The highest BCUT2D eigenvalue weighted by molar-refractivity contribution is 8.01. The third kappa shape index (κ3) is 4.07. The van der Waals surface area contributed by atoms with Gasteiger partial charge >= 0.3 is 0 Å². The smallest absolute Gasteiger partial charge is 0.233 e. The van der Waals surface area contributed by atoms with Crippen molar-refractivity contribution < 1.29 is 9.90 Å². The van der Waals surface area contributed by atoms with Gasteiger partial charge in [-0.3, -0.25) is 9.48 Å². The van der Waals surface area contributed by atoms with Crippen molar-refractivity contribution in [1.29, 1.82) is 0 Å². The lowest BCUT2D eigenvalue weighted by Crippen LogP contribution is -2.39. The van der Waals surface area contributed by atoms with Gasteiger partial charge in [0.1, 0.15) is 6.10 Å². The van der Waals surface area contributed by atoms with Crippen molar-refractivity contribution in [3.63, 3.8) is 0 Å². The first kappa shape index (κ1) is 18.2. The second-order valence-electron chi connectivity index (χ2n) is 6.46. The van der Waals surface area contributed by atoms with Gasteiger partial charge in [0, 0.05) is 17.6 Å². The van der Waals surface area contributed by atoms with Crippen molar-refractivity contribution in [2.45, 2.75) is 30.5 Å². The topological polar surface area (TPSA) is 71.2 Å². The van der Waals surface area contributed by atoms with Crippen LogP contribution in [-0.2, 0) is 17.9 Å². The Morgan fingerprint density at radius 1 is 1.33 bits per heavy atom. The van der Waals surface area contributed by atoms with Crippen LogP contribution in [0, 0.1) is 6.92 Å². The third-order valence-corrected chi connectivity index (χ3v) is 6.61. The van der Waals surface area contributed by atoms with E-state index in [4.69, 9.17) is 0 Å². The standard InChI is InChI=1S/C19H20N4O2S2/c1-13-11-26-19(20-13)27-12-17(24)22-7-8-23-15(10-22)9-16(21-23)18(25)14-5-3-2-4-6-14/h2-6,9,11,18,25H,7-8,10,12H2,1H3/t18-/m1/s1. The number of hydrogen-bond donors (Lipinski definition) is 1. The molecule has 0 aliphatic carbocycles. The summed E-state index contributed by atoms with van der Waals surface area (Å²) in [5.74, 6) is 0.492. The minimum Gasteiger partial charge on any atom is -0.382 e. The molecule has 1 aliphatic heterocycles. The lowest BCUT2D eigenvalue weighted by molar-refractivity contribution is -0.129. The Labute approximate surface area is 165 Å². The molecule has 3 aromatic rings. The predicted molar refractivity (Wildman–Crippen MR) is 106 cm³/mol. The van der Waals surface area contributed by atoms with Crippen LogP contribution in [-0.4, -0.2) is 43.0 Å². The summed E-state index contributed by atoms with van der Waals surface area (Å²) in [6.07, 6.45) is -0.753. The van der Waals surface area contributed by atoms with E-state index >= 15 is 0 Å². The van der Waals surface area contributed by atoms with E-state index in [2.05, 4.69) is 10.1 Å². The van der Waals surface area contributed by atoms with Gasteiger partial charge in [-0.1, -0.05) is 42.1 Å². The van der Waals surface area contributed by atoms with Crippen LogP contribution in [0.5, 0.6) is 0 Å². The third-order valence-electron chi connectivity index (χ3n) is 4.48. The van der Waals surface area contributed by atoms with E-state index in [9.17, 15) is 9.90 Å². The van der Waals surface area contributed by atoms with Crippen molar-refractivity contribution in [2.75, 3.05) is 12.3 Å². The molecule has 140 valence electrons. The van der Waals surface area contributed by atoms with Gasteiger partial charge in [-0.25, -0.2) is 4.98 Å². The molecular weight excluding hydrogens is 380 g/mol. The number of aromatic nitrogens is 3. The molecule has 3 heterocycles. The first-order valence-electron chi connectivity index (χ1n) is 8.72. The Balaban J connectivity index is 1.41. The van der Waals surface area contributed by atoms with Crippen LogP contribution < -0.4 is 0 Å². The highest BCUT2D eigenvalue weighted by Crippen LogP contribution is 2.25. The maximum Gasteiger partial charge on any atom is 0.233 e. The molecule has 1 N–H and O–H groups in total. The second kappa shape index (κ2) is 7.84. The Morgan fingerprint density at radius 3 is 2.89 bits per heavy atom. The SMILES string of the molecule is Cc1csc(SCC(=O)N2CCn3nc([C@H](O)c4ccccc4)cc3C2)n1. The number of carbonyl (C=O) groups excluding carboxylic acids is 1. The number of thioether (sulfide) groups is 1. The first-order valence-corrected chi connectivity index (χ1v) is 10.6. The van der Waals surface area contributed by atoms with E-state index in [1.165, 1.54) is 11.8 Å². The second-order valence-corrected chi connectivity index (χ2v) is 8.54. The zero-order chi connectivity index (χ0) is 18.8. The minimum atomic E-state index is -0.753. The fourth-order valence-corrected chi connectivity index (χ4v) is 4.81. The highest BCUT2D eigenvalue weighted by atomic mass is 32.2. The number of carbonyl (C=O) groups is 1. The van der Waals surface area contributed by atoms with Crippen LogP contribution >= 0.6 is 23.1 Å². The van der Waals surface area contributed by atoms with Gasteiger partial charge in [-0.05, 0) is 18.6 Å². The quantitative estimate of drug-likeness (QED) is 0.667. The Kier molecular flexibility index (Phi) is 5.29. The maximum absolute atomic E-state index is 12.6. The van der Waals surface area contributed by atoms with Gasteiger partial charge in [0.2, 0.25) is 5.91 Å². The zero-order valence-corrected chi connectivity index (χ0v) is 16.5. The summed E-state index contributed by atoms with van der Waals surface area (Å²) in [6, 6.07) is 11.4. The van der Waals surface area contributed by atoms with Gasteiger partial charge < -0.3 is 10.0 Å². The monoisotopic (exact) mass is 400 g/mol. The van der Waals surface area contributed by atoms with Crippen molar-refractivity contribution >= 4 is 29.0 Å². The molecule has 1 amide bonds. The molecule has 6 nitrogen and oxygen atoms in total. The molecule has 4 rings (SSSR count). The van der Waals surface area contributed by atoms with Gasteiger partial charge in [-0.15, -0.1) is 11.3 Å². The molecule has 1 aromatic carbocycles. The number of rotatable bonds is 5. The summed E-state index contributed by atoms with van der Waals surface area (Å²) in [6.45, 7) is 3.75. The molecule has 0 radical (unpaired) electrons. The summed E-state index contributed by atoms with van der Waals surface area (Å²) in [4.78, 5) is 18.8. The number of aliphatic hydroxyl groups excluding tert-OH is 1. The molecule has 8 heteroatoms. The average molecular weight is 401 g/mol. The molecule has 0 saturated carbocycles. The normalized spacial score (nSPS) is 14.8. The van der Waals surface area contributed by atoms with E-state index in [0.29, 0.717) is 31.1 Å². The van der Waals surface area contributed by atoms with E-state index < -0.39 is 6.10 Å². The van der Waals surface area contributed by atoms with Crippen LogP contribution in [0.4, 0.5) is 0 Å². The fourth-order valence-electron chi connectivity index (χ4n) is 3.05. The summed E-state index contributed by atoms with van der Waals surface area (Å²) in [7, 11) is 0. The Hall–Kier alpha value is -2.16. The van der Waals surface area contributed by atoms with E-state index in [-0.39, 0.29) is 5.91 Å². The van der Waals surface area contributed by atoms with Crippen LogP contribution in [0.3, 0.4) is 0 Å². The zero-order valence-electron chi connectivity index (χ0n) is 14.9. The average Bonchev–Trinajstić information content (AvgIpc) is 3.31. The lowest BCUT2D eigenvalue weighted by atomic mass is 10.1. The van der Waals surface area contributed by atoms with Crippen LogP contribution in [0.15, 0.2) is 46.1 Å². The van der Waals surface area contributed by atoms with Crippen molar-refractivity contribution in [1.82, 2.24) is 19.7 Å². The van der Waals surface area contributed by atoms with E-state index in [1.54, 1.807) is 11.3 Å². The summed E-state index contributed by atoms with van der Waals surface area (Å²) < 4.78 is 2.82. The minimum absolute atomic E-state index is 0.102. The van der Waals surface area contributed by atoms with Gasteiger partial charge in [0.25, 0.3) is 0 Å². The molecular formula is C19H20N4O2S2. The Morgan fingerprint density at radius 2 is 2.15 bits per heavy atom. The number of aliphatic hydroxyl groups is 1. The summed E-state index contributed by atoms with van der Waals surface area (Å²) in [5.41, 5.74) is 3.38. The van der Waals surface area contributed by atoms with Crippen LogP contribution in [0.2, 0.25) is 0 Å². The van der Waals surface area contributed by atoms with Crippen LogP contribution in [0.1, 0.15) is 28.7 Å². The maximum atomic E-state index is 12.6. The number of amides is 1. The number of benzene rings is 1. The Bertz CT molecular complexity index is 938. The van der Waals surface area contributed by atoms with E-state index in [1.807, 2.05) is 58.3 Å². The predicted octanol–water partition coefficient (Wildman–Crippen LogP) is 2.86. The number of hydrogen-bond acceptors (Lipinski definition) is 6. The van der Waals surface area contributed by atoms with Gasteiger partial charge in [0.05, 0.1) is 30.2 Å². The number of aryl methyl sites for hydroxylation is 1. The molecule has 0 spiro atoms. The van der Waals surface area contributed by atoms with Gasteiger partial charge in [-0.2, -0.15) is 5.10 Å². The molecule has 0 bridgehead atoms. The van der Waals surface area contributed by atoms with Crippen molar-refractivity contribution in [2.24, 2.45) is 0 Å². The molecule has 2 aromatic heterocycles. The lowest BCUT2D eigenvalue weighted by Gasteiger charge is -2.27. The molecule has 1 atom stereocenters. The van der Waals surface area contributed by atoms with Crippen molar-refractivity contribution in [3.05, 3.63) is 64.4 Å². The molecule has 0 fully saturated rings. The number of fused-ring (bicyclic) bond motifs is 1. The molecule has 0 unspecified atom stereocenters. The summed E-state index contributed by atoms with van der Waals surface area (Å²) in [5, 5.41) is 17.1. The molecule has 27 heavy (non-hydrogen) atoms. The van der Waals surface area contributed by atoms with Crippen LogP contribution in [0.25, 0.3) is 0 Å². The first-order chi connectivity index (χ1) is 13.1. The molecule has 0 saturated heterocycles. The number of nitrogens with zero attached hydrogens (tertiary/aromatic N) is 4.